The molecule has 6 heteroatoms. The highest BCUT2D eigenvalue weighted by atomic mass is 16.5. The molecule has 2 aromatic rings. The first-order valence-corrected chi connectivity index (χ1v) is 7.39. The summed E-state index contributed by atoms with van der Waals surface area (Å²) in [6.07, 6.45) is 1.50. The van der Waals surface area contributed by atoms with Crippen LogP contribution in [0.5, 0.6) is 0 Å². The van der Waals surface area contributed by atoms with Gasteiger partial charge in [-0.15, -0.1) is 0 Å². The highest BCUT2D eigenvalue weighted by Gasteiger charge is 2.03. The predicted molar refractivity (Wildman–Crippen MR) is 93.2 cm³/mol. The lowest BCUT2D eigenvalue weighted by molar-refractivity contribution is -0.119. The van der Waals surface area contributed by atoms with Crippen molar-refractivity contribution < 1.29 is 14.3 Å². The molecule has 1 amide bonds. The van der Waals surface area contributed by atoms with Crippen LogP contribution in [0.1, 0.15) is 21.5 Å². The van der Waals surface area contributed by atoms with Crippen molar-refractivity contribution in [2.75, 3.05) is 19.0 Å². The van der Waals surface area contributed by atoms with E-state index in [9.17, 15) is 9.59 Å². The van der Waals surface area contributed by atoms with Crippen molar-refractivity contribution >= 4 is 23.8 Å². The molecule has 124 valence electrons. The number of ether oxygens (including phenoxy) is 1. The largest absolute Gasteiger partial charge is 0.465 e. The lowest BCUT2D eigenvalue weighted by Crippen LogP contribution is -2.25. The third-order valence-corrected chi connectivity index (χ3v) is 3.24. The Kier molecular flexibility index (Phi) is 6.08. The molecule has 0 aliphatic carbocycles. The minimum absolute atomic E-state index is 0.127. The standard InChI is InChI=1S/C18H19N3O3/c1-13-3-9-16(10-4-13)19-12-17(22)21-20-11-14-5-7-15(8-6-14)18(23)24-2/h3-11,19H,12H2,1-2H3,(H,21,22)/b20-11-. The summed E-state index contributed by atoms with van der Waals surface area (Å²) in [4.78, 5) is 23.0. The van der Waals surface area contributed by atoms with Crippen molar-refractivity contribution in [1.82, 2.24) is 5.43 Å². The Balaban J connectivity index is 1.79. The molecular formula is C18H19N3O3. The number of hydrazone groups is 1. The van der Waals surface area contributed by atoms with E-state index in [0.29, 0.717) is 5.56 Å². The quantitative estimate of drug-likeness (QED) is 0.485. The van der Waals surface area contributed by atoms with E-state index in [4.69, 9.17) is 0 Å². The average molecular weight is 325 g/mol. The van der Waals surface area contributed by atoms with Crippen LogP contribution >= 0.6 is 0 Å². The van der Waals surface area contributed by atoms with Crippen molar-refractivity contribution in [3.05, 3.63) is 65.2 Å². The third-order valence-electron chi connectivity index (χ3n) is 3.24. The van der Waals surface area contributed by atoms with Crippen LogP contribution in [0.15, 0.2) is 53.6 Å². The van der Waals surface area contributed by atoms with Crippen LogP contribution in [0.2, 0.25) is 0 Å². The number of esters is 1. The van der Waals surface area contributed by atoms with Crippen LogP contribution in [0, 0.1) is 6.92 Å². The van der Waals surface area contributed by atoms with Crippen molar-refractivity contribution in [2.45, 2.75) is 6.92 Å². The number of amides is 1. The maximum atomic E-state index is 11.7. The fourth-order valence-corrected chi connectivity index (χ4v) is 1.90. The molecule has 0 heterocycles. The van der Waals surface area contributed by atoms with E-state index in [1.165, 1.54) is 13.3 Å². The second-order valence-corrected chi connectivity index (χ2v) is 5.13. The predicted octanol–water partition coefficient (Wildman–Crippen LogP) is 2.34. The van der Waals surface area contributed by atoms with Gasteiger partial charge in [-0.05, 0) is 36.8 Å². The van der Waals surface area contributed by atoms with Crippen molar-refractivity contribution in [3.8, 4) is 0 Å². The van der Waals surface area contributed by atoms with Gasteiger partial charge < -0.3 is 10.1 Å². The maximum absolute atomic E-state index is 11.7. The molecule has 0 unspecified atom stereocenters. The number of carbonyl (C=O) groups excluding carboxylic acids is 2. The van der Waals surface area contributed by atoms with Crippen LogP contribution in [-0.4, -0.2) is 31.7 Å². The summed E-state index contributed by atoms with van der Waals surface area (Å²) in [5.41, 5.74) is 5.69. The van der Waals surface area contributed by atoms with Gasteiger partial charge in [0.1, 0.15) is 0 Å². The van der Waals surface area contributed by atoms with Crippen molar-refractivity contribution in [1.29, 1.82) is 0 Å². The summed E-state index contributed by atoms with van der Waals surface area (Å²) in [6, 6.07) is 14.5. The van der Waals surface area contributed by atoms with Crippen LogP contribution in [0.3, 0.4) is 0 Å². The van der Waals surface area contributed by atoms with E-state index in [-0.39, 0.29) is 12.5 Å². The molecule has 2 aromatic carbocycles. The maximum Gasteiger partial charge on any atom is 0.337 e. The molecule has 2 N–H and O–H groups in total. The number of methoxy groups -OCH3 is 1. The number of nitrogens with zero attached hydrogens (tertiary/aromatic N) is 1. The second-order valence-electron chi connectivity index (χ2n) is 5.13. The van der Waals surface area contributed by atoms with E-state index in [1.807, 2.05) is 31.2 Å². The molecule has 0 fully saturated rings. The van der Waals surface area contributed by atoms with Crippen molar-refractivity contribution in [3.63, 3.8) is 0 Å². The van der Waals surface area contributed by atoms with Crippen molar-refractivity contribution in [2.24, 2.45) is 5.10 Å². The SMILES string of the molecule is COC(=O)c1ccc(/C=N\NC(=O)CNc2ccc(C)cc2)cc1. The van der Waals surface area contributed by atoms with Crippen LogP contribution in [0.25, 0.3) is 0 Å². The van der Waals surface area contributed by atoms with E-state index in [1.54, 1.807) is 24.3 Å². The number of nitrogens with one attached hydrogen (secondary N) is 2. The Morgan fingerprint density at radius 2 is 1.75 bits per heavy atom. The van der Waals surface area contributed by atoms with Gasteiger partial charge in [0, 0.05) is 5.69 Å². The monoisotopic (exact) mass is 325 g/mol. The molecule has 0 bridgehead atoms. The molecule has 0 aliphatic heterocycles. The molecule has 2 rings (SSSR count). The molecule has 6 nitrogen and oxygen atoms in total. The molecule has 24 heavy (non-hydrogen) atoms. The van der Waals surface area contributed by atoms with Gasteiger partial charge in [0.2, 0.25) is 0 Å². The first-order valence-electron chi connectivity index (χ1n) is 7.39. The Morgan fingerprint density at radius 1 is 1.08 bits per heavy atom. The summed E-state index contributed by atoms with van der Waals surface area (Å²) in [6.45, 7) is 2.13. The summed E-state index contributed by atoms with van der Waals surface area (Å²) < 4.78 is 4.62. The molecule has 0 saturated heterocycles. The van der Waals surface area contributed by atoms with Crippen LogP contribution in [0.4, 0.5) is 5.69 Å². The number of hydrogen-bond acceptors (Lipinski definition) is 5. The molecule has 0 aromatic heterocycles. The number of anilines is 1. The number of hydrogen-bond donors (Lipinski definition) is 2. The number of aryl methyl sites for hydroxylation is 1. The lowest BCUT2D eigenvalue weighted by atomic mass is 10.1. The van der Waals surface area contributed by atoms with Crippen LogP contribution in [-0.2, 0) is 9.53 Å². The van der Waals surface area contributed by atoms with E-state index in [0.717, 1.165) is 16.8 Å². The minimum atomic E-state index is -0.394. The van der Waals surface area contributed by atoms with Gasteiger partial charge >= 0.3 is 5.97 Å². The van der Waals surface area contributed by atoms with Gasteiger partial charge in [0.15, 0.2) is 0 Å². The number of carbonyl (C=O) groups is 2. The number of rotatable bonds is 6. The van der Waals surface area contributed by atoms with Gasteiger partial charge in [0.25, 0.3) is 5.91 Å². The molecule has 0 aliphatic rings. The number of benzene rings is 2. The third kappa shape index (κ3) is 5.24. The molecule has 0 spiro atoms. The Hall–Kier alpha value is -3.15. The Labute approximate surface area is 140 Å². The molecule has 0 atom stereocenters. The minimum Gasteiger partial charge on any atom is -0.465 e. The van der Waals surface area contributed by atoms with Gasteiger partial charge in [0.05, 0.1) is 25.4 Å². The van der Waals surface area contributed by atoms with Crippen LogP contribution < -0.4 is 10.7 Å². The highest BCUT2D eigenvalue weighted by Crippen LogP contribution is 2.07. The van der Waals surface area contributed by atoms with Gasteiger partial charge in [-0.2, -0.15) is 5.10 Å². The van der Waals surface area contributed by atoms with E-state index >= 15 is 0 Å². The zero-order chi connectivity index (χ0) is 17.4. The highest BCUT2D eigenvalue weighted by molar-refractivity contribution is 5.91. The zero-order valence-corrected chi connectivity index (χ0v) is 13.6. The second kappa shape index (κ2) is 8.47. The first-order chi connectivity index (χ1) is 11.6. The Morgan fingerprint density at radius 3 is 2.38 bits per heavy atom. The fraction of sp³-hybridized carbons (Fsp3) is 0.167. The summed E-state index contributed by atoms with van der Waals surface area (Å²) in [5.74, 6) is -0.646. The summed E-state index contributed by atoms with van der Waals surface area (Å²) in [7, 11) is 1.33. The smallest absolute Gasteiger partial charge is 0.337 e. The van der Waals surface area contributed by atoms with Gasteiger partial charge in [-0.25, -0.2) is 10.2 Å². The molecule has 0 radical (unpaired) electrons. The molecular weight excluding hydrogens is 306 g/mol. The van der Waals surface area contributed by atoms with E-state index < -0.39 is 5.97 Å². The van der Waals surface area contributed by atoms with E-state index in [2.05, 4.69) is 20.6 Å². The lowest BCUT2D eigenvalue weighted by Gasteiger charge is -2.05. The fourth-order valence-electron chi connectivity index (χ4n) is 1.90. The first kappa shape index (κ1) is 17.2. The van der Waals surface area contributed by atoms with Gasteiger partial charge in [-0.1, -0.05) is 29.8 Å². The average Bonchev–Trinajstić information content (AvgIpc) is 2.61. The topological polar surface area (TPSA) is 79.8 Å². The summed E-state index contributed by atoms with van der Waals surface area (Å²) >= 11 is 0. The Bertz CT molecular complexity index is 722. The molecule has 0 saturated carbocycles. The normalized spacial score (nSPS) is 10.4. The van der Waals surface area contributed by atoms with Gasteiger partial charge in [-0.3, -0.25) is 4.79 Å². The summed E-state index contributed by atoms with van der Waals surface area (Å²) in [5, 5.41) is 6.89. The zero-order valence-electron chi connectivity index (χ0n) is 13.6.